The van der Waals surface area contributed by atoms with Crippen LogP contribution in [0.5, 0.6) is 0 Å². The standard InChI is InChI=1S/C5H9NO4.K.H/c1-3-10-5(7)4(2)6(8)9;;/h4H,3H2,1-2H3;;/q;+1;-1. The van der Waals surface area contributed by atoms with Gasteiger partial charge in [-0.3, -0.25) is 10.1 Å². The van der Waals surface area contributed by atoms with Gasteiger partial charge in [0, 0.05) is 11.8 Å². The van der Waals surface area contributed by atoms with E-state index in [2.05, 4.69) is 4.74 Å². The van der Waals surface area contributed by atoms with Crippen molar-refractivity contribution in [3.63, 3.8) is 0 Å². The third-order valence-electron chi connectivity index (χ3n) is 0.944. The van der Waals surface area contributed by atoms with E-state index >= 15 is 0 Å². The van der Waals surface area contributed by atoms with Crippen molar-refractivity contribution < 1.29 is 67.3 Å². The van der Waals surface area contributed by atoms with Crippen LogP contribution >= 0.6 is 0 Å². The summed E-state index contributed by atoms with van der Waals surface area (Å²) in [6.45, 7) is 2.97. The van der Waals surface area contributed by atoms with Crippen molar-refractivity contribution in [3.05, 3.63) is 10.1 Å². The zero-order chi connectivity index (χ0) is 8.15. The van der Waals surface area contributed by atoms with E-state index in [0.29, 0.717) is 0 Å². The van der Waals surface area contributed by atoms with E-state index < -0.39 is 16.9 Å². The molecule has 60 valence electrons. The molecule has 0 fully saturated rings. The van der Waals surface area contributed by atoms with Gasteiger partial charge in [-0.2, -0.15) is 0 Å². The van der Waals surface area contributed by atoms with Crippen LogP contribution in [0.4, 0.5) is 0 Å². The average molecular weight is 187 g/mol. The number of hydrogen-bond donors (Lipinski definition) is 0. The molecule has 0 radical (unpaired) electrons. The number of esters is 1. The summed E-state index contributed by atoms with van der Waals surface area (Å²) in [6, 6.07) is -1.25. The van der Waals surface area contributed by atoms with Crippen LogP contribution < -0.4 is 51.4 Å². The summed E-state index contributed by atoms with van der Waals surface area (Å²) < 4.78 is 4.38. The zero-order valence-corrected chi connectivity index (χ0v) is 9.99. The Kier molecular flexibility index (Phi) is 9.16. The van der Waals surface area contributed by atoms with E-state index in [1.54, 1.807) is 6.92 Å². The Hall–Kier alpha value is 0.506. The van der Waals surface area contributed by atoms with Crippen LogP contribution in [0.2, 0.25) is 0 Å². The number of hydrogen-bond acceptors (Lipinski definition) is 4. The summed E-state index contributed by atoms with van der Waals surface area (Å²) in [7, 11) is 0. The van der Waals surface area contributed by atoms with Crippen LogP contribution in [-0.2, 0) is 9.53 Å². The summed E-state index contributed by atoms with van der Waals surface area (Å²) in [5, 5.41) is 9.92. The molecule has 1 unspecified atom stereocenters. The number of rotatable bonds is 3. The first-order valence-electron chi connectivity index (χ1n) is 2.89. The number of ether oxygens (including phenoxy) is 1. The van der Waals surface area contributed by atoms with Gasteiger partial charge in [-0.25, -0.2) is 4.79 Å². The molecular weight excluding hydrogens is 177 g/mol. The Morgan fingerprint density at radius 3 is 2.55 bits per heavy atom. The first-order valence-corrected chi connectivity index (χ1v) is 2.89. The molecule has 0 N–H and O–H groups in total. The first-order chi connectivity index (χ1) is 4.59. The molecule has 0 rings (SSSR count). The fourth-order valence-corrected chi connectivity index (χ4v) is 0.349. The van der Waals surface area contributed by atoms with E-state index in [-0.39, 0.29) is 59.4 Å². The van der Waals surface area contributed by atoms with Crippen molar-refractivity contribution in [3.8, 4) is 0 Å². The molecule has 0 aromatic heterocycles. The SMILES string of the molecule is CCOC(=O)C(C)[N+](=O)[O-].[H-].[K+]. The van der Waals surface area contributed by atoms with E-state index in [4.69, 9.17) is 0 Å². The van der Waals surface area contributed by atoms with Crippen LogP contribution in [0.25, 0.3) is 0 Å². The maximum absolute atomic E-state index is 10.5. The molecular formula is C5H10KNO4. The van der Waals surface area contributed by atoms with Crippen LogP contribution in [-0.4, -0.2) is 23.5 Å². The molecule has 0 saturated carbocycles. The predicted molar refractivity (Wildman–Crippen MR) is 34.2 cm³/mol. The molecule has 0 aromatic rings. The molecule has 0 bridgehead atoms. The van der Waals surface area contributed by atoms with Crippen molar-refractivity contribution in [2.75, 3.05) is 6.61 Å². The third kappa shape index (κ3) is 5.74. The average Bonchev–Trinajstić information content (AvgIpc) is 1.87. The number of nitrogens with zero attached hydrogens (tertiary/aromatic N) is 1. The van der Waals surface area contributed by atoms with Gasteiger partial charge in [0.1, 0.15) is 0 Å². The second kappa shape index (κ2) is 7.17. The number of nitro groups is 1. The van der Waals surface area contributed by atoms with Crippen LogP contribution in [0.3, 0.4) is 0 Å². The van der Waals surface area contributed by atoms with Crippen molar-refractivity contribution in [1.82, 2.24) is 0 Å². The first kappa shape index (κ1) is 14.1. The van der Waals surface area contributed by atoms with Gasteiger partial charge in [-0.05, 0) is 6.92 Å². The summed E-state index contributed by atoms with van der Waals surface area (Å²) in [4.78, 5) is 19.8. The molecule has 0 aliphatic heterocycles. The molecule has 5 nitrogen and oxygen atoms in total. The topological polar surface area (TPSA) is 69.4 Å². The largest absolute Gasteiger partial charge is 1.00 e. The fourth-order valence-electron chi connectivity index (χ4n) is 0.349. The molecule has 1 atom stereocenters. The van der Waals surface area contributed by atoms with Crippen LogP contribution in [0, 0.1) is 10.1 Å². The maximum atomic E-state index is 10.5. The molecule has 0 amide bonds. The van der Waals surface area contributed by atoms with Crippen LogP contribution in [0.15, 0.2) is 0 Å². The number of carbonyl (C=O) groups excluding carboxylic acids is 1. The second-order valence-corrected chi connectivity index (χ2v) is 1.71. The molecule has 0 aliphatic rings. The second-order valence-electron chi connectivity index (χ2n) is 1.71. The molecule has 11 heavy (non-hydrogen) atoms. The van der Waals surface area contributed by atoms with E-state index in [0.717, 1.165) is 0 Å². The zero-order valence-electron chi connectivity index (χ0n) is 7.86. The normalized spacial score (nSPS) is 11.1. The van der Waals surface area contributed by atoms with Crippen molar-refractivity contribution in [2.45, 2.75) is 19.9 Å². The Labute approximate surface area is 109 Å². The summed E-state index contributed by atoms with van der Waals surface area (Å²) in [6.07, 6.45) is 0. The van der Waals surface area contributed by atoms with Gasteiger partial charge >= 0.3 is 63.4 Å². The van der Waals surface area contributed by atoms with E-state index in [1.165, 1.54) is 6.92 Å². The van der Waals surface area contributed by atoms with Gasteiger partial charge < -0.3 is 6.16 Å². The Morgan fingerprint density at radius 2 is 2.27 bits per heavy atom. The third-order valence-corrected chi connectivity index (χ3v) is 0.944. The Balaban J connectivity index is -0.000000405. The minimum Gasteiger partial charge on any atom is -1.00 e. The molecule has 0 aliphatic carbocycles. The minimum absolute atomic E-state index is 0. The van der Waals surface area contributed by atoms with E-state index in [9.17, 15) is 14.9 Å². The summed E-state index contributed by atoms with van der Waals surface area (Å²) >= 11 is 0. The Morgan fingerprint density at radius 1 is 1.82 bits per heavy atom. The van der Waals surface area contributed by atoms with Gasteiger partial charge in [0.15, 0.2) is 0 Å². The van der Waals surface area contributed by atoms with Gasteiger partial charge in [0.25, 0.3) is 0 Å². The van der Waals surface area contributed by atoms with Gasteiger partial charge in [-0.1, -0.05) is 0 Å². The maximum Gasteiger partial charge on any atom is 1.00 e. The molecule has 6 heteroatoms. The smallest absolute Gasteiger partial charge is 1.00 e. The monoisotopic (exact) mass is 187 g/mol. The predicted octanol–water partition coefficient (Wildman–Crippen LogP) is -2.67. The molecule has 0 spiro atoms. The van der Waals surface area contributed by atoms with Crippen molar-refractivity contribution >= 4 is 5.97 Å². The quantitative estimate of drug-likeness (QED) is 0.209. The van der Waals surface area contributed by atoms with Crippen molar-refractivity contribution in [2.24, 2.45) is 0 Å². The van der Waals surface area contributed by atoms with E-state index in [1.807, 2.05) is 0 Å². The van der Waals surface area contributed by atoms with Gasteiger partial charge in [-0.15, -0.1) is 0 Å². The van der Waals surface area contributed by atoms with Gasteiger partial charge in [0.2, 0.25) is 0 Å². The molecule has 0 saturated heterocycles. The minimum atomic E-state index is -1.25. The summed E-state index contributed by atoms with van der Waals surface area (Å²) in [5.74, 6) is -0.785. The summed E-state index contributed by atoms with van der Waals surface area (Å²) in [5.41, 5.74) is 0. The van der Waals surface area contributed by atoms with Crippen molar-refractivity contribution in [1.29, 1.82) is 0 Å². The Bertz CT molecular complexity index is 154. The van der Waals surface area contributed by atoms with Gasteiger partial charge in [0.05, 0.1) is 6.61 Å². The molecule has 0 aromatic carbocycles. The molecule has 0 heterocycles. The number of carbonyl (C=O) groups is 1. The van der Waals surface area contributed by atoms with Crippen LogP contribution in [0.1, 0.15) is 15.3 Å². The fraction of sp³-hybridized carbons (Fsp3) is 0.800.